The predicted octanol–water partition coefficient (Wildman–Crippen LogP) is 4.86. The van der Waals surface area contributed by atoms with Gasteiger partial charge in [0, 0.05) is 9.75 Å². The van der Waals surface area contributed by atoms with Crippen molar-refractivity contribution >= 4 is 27.3 Å². The van der Waals surface area contributed by atoms with Crippen molar-refractivity contribution in [3.05, 3.63) is 50.1 Å². The number of rotatable bonds is 3. The molecule has 108 valence electrons. The Kier molecular flexibility index (Phi) is 4.57. The molecule has 0 saturated carbocycles. The molecule has 0 radical (unpaired) electrons. The van der Waals surface area contributed by atoms with Gasteiger partial charge in [-0.25, -0.2) is 0 Å². The van der Waals surface area contributed by atoms with Crippen LogP contribution in [-0.2, 0) is 5.41 Å². The van der Waals surface area contributed by atoms with E-state index < -0.39 is 0 Å². The van der Waals surface area contributed by atoms with E-state index in [1.54, 1.807) is 18.4 Å². The highest BCUT2D eigenvalue weighted by atomic mass is 79.9. The molecule has 2 N–H and O–H groups in total. The molecule has 2 rings (SSSR count). The molecule has 1 heterocycles. The van der Waals surface area contributed by atoms with E-state index in [0.29, 0.717) is 0 Å². The minimum Gasteiger partial charge on any atom is -0.496 e. The Hall–Kier alpha value is -0.840. The van der Waals surface area contributed by atoms with Gasteiger partial charge in [0.15, 0.2) is 0 Å². The summed E-state index contributed by atoms with van der Waals surface area (Å²) in [5.74, 6) is 0.822. The van der Waals surface area contributed by atoms with Gasteiger partial charge < -0.3 is 10.5 Å². The maximum atomic E-state index is 6.38. The Bertz CT molecular complexity index is 601. The highest BCUT2D eigenvalue weighted by molar-refractivity contribution is 9.10. The average molecular weight is 354 g/mol. The lowest BCUT2D eigenvalue weighted by molar-refractivity contribution is 0.412. The SMILES string of the molecule is COc1ccc(C(N)c2ccc(C(C)(C)C)s2)cc1Br. The van der Waals surface area contributed by atoms with Gasteiger partial charge in [-0.3, -0.25) is 0 Å². The lowest BCUT2D eigenvalue weighted by atomic mass is 9.95. The van der Waals surface area contributed by atoms with Crippen LogP contribution in [0.3, 0.4) is 0 Å². The summed E-state index contributed by atoms with van der Waals surface area (Å²) in [5, 5.41) is 0. The first kappa shape index (κ1) is 15.5. The fourth-order valence-electron chi connectivity index (χ4n) is 1.96. The fraction of sp³-hybridized carbons (Fsp3) is 0.375. The molecule has 2 nitrogen and oxygen atoms in total. The number of benzene rings is 1. The Balaban J connectivity index is 2.29. The zero-order chi connectivity index (χ0) is 14.9. The Labute approximate surface area is 133 Å². The Morgan fingerprint density at radius 1 is 1.20 bits per heavy atom. The van der Waals surface area contributed by atoms with Crippen molar-refractivity contribution in [2.24, 2.45) is 5.73 Å². The molecule has 20 heavy (non-hydrogen) atoms. The minimum atomic E-state index is -0.0988. The number of thiophene rings is 1. The van der Waals surface area contributed by atoms with Crippen LogP contribution in [0.5, 0.6) is 5.75 Å². The lowest BCUT2D eigenvalue weighted by Crippen LogP contribution is -2.10. The van der Waals surface area contributed by atoms with Crippen LogP contribution < -0.4 is 10.5 Å². The van der Waals surface area contributed by atoms with Gasteiger partial charge in [-0.05, 0) is 51.2 Å². The molecule has 0 saturated heterocycles. The van der Waals surface area contributed by atoms with Crippen LogP contribution in [0.15, 0.2) is 34.8 Å². The maximum absolute atomic E-state index is 6.38. The van der Waals surface area contributed by atoms with Crippen LogP contribution in [0, 0.1) is 0 Å². The lowest BCUT2D eigenvalue weighted by Gasteiger charge is -2.16. The molecule has 1 aromatic heterocycles. The predicted molar refractivity (Wildman–Crippen MR) is 89.7 cm³/mol. The van der Waals surface area contributed by atoms with Gasteiger partial charge in [-0.15, -0.1) is 11.3 Å². The molecule has 0 bridgehead atoms. The second-order valence-corrected chi connectivity index (χ2v) is 7.79. The third-order valence-electron chi connectivity index (χ3n) is 3.21. The first-order chi connectivity index (χ1) is 9.32. The van der Waals surface area contributed by atoms with E-state index in [1.165, 1.54) is 9.75 Å². The third kappa shape index (κ3) is 3.25. The third-order valence-corrected chi connectivity index (χ3v) is 5.42. The van der Waals surface area contributed by atoms with Crippen molar-refractivity contribution in [2.45, 2.75) is 32.2 Å². The van der Waals surface area contributed by atoms with E-state index in [9.17, 15) is 0 Å². The summed E-state index contributed by atoms with van der Waals surface area (Å²) in [6.07, 6.45) is 0. The molecular weight excluding hydrogens is 334 g/mol. The number of hydrogen-bond donors (Lipinski definition) is 1. The highest BCUT2D eigenvalue weighted by Crippen LogP contribution is 2.35. The number of halogens is 1. The van der Waals surface area contributed by atoms with Gasteiger partial charge in [-0.1, -0.05) is 26.8 Å². The first-order valence-corrected chi connectivity index (χ1v) is 8.13. The molecule has 0 spiro atoms. The topological polar surface area (TPSA) is 35.2 Å². The molecule has 4 heteroatoms. The van der Waals surface area contributed by atoms with Gasteiger partial charge in [0.25, 0.3) is 0 Å². The van der Waals surface area contributed by atoms with Gasteiger partial charge in [-0.2, -0.15) is 0 Å². The van der Waals surface area contributed by atoms with Gasteiger partial charge >= 0.3 is 0 Å². The van der Waals surface area contributed by atoms with Crippen molar-refractivity contribution in [3.63, 3.8) is 0 Å². The van der Waals surface area contributed by atoms with E-state index in [4.69, 9.17) is 10.5 Å². The average Bonchev–Trinajstić information content (AvgIpc) is 2.87. The highest BCUT2D eigenvalue weighted by Gasteiger charge is 2.19. The fourth-order valence-corrected chi connectivity index (χ4v) is 3.62. The van der Waals surface area contributed by atoms with E-state index in [2.05, 4.69) is 48.8 Å². The summed E-state index contributed by atoms with van der Waals surface area (Å²) in [5.41, 5.74) is 7.64. The van der Waals surface area contributed by atoms with Crippen LogP contribution in [-0.4, -0.2) is 7.11 Å². The standard InChI is InChI=1S/C16H20BrNOS/c1-16(2,3)14-8-7-13(20-14)15(18)10-5-6-12(19-4)11(17)9-10/h5-9,15H,18H2,1-4H3. The van der Waals surface area contributed by atoms with Crippen molar-refractivity contribution in [3.8, 4) is 5.75 Å². The van der Waals surface area contributed by atoms with Gasteiger partial charge in [0.05, 0.1) is 17.6 Å². The zero-order valence-corrected chi connectivity index (χ0v) is 14.6. The normalized spacial score (nSPS) is 13.3. The molecule has 0 aliphatic rings. The van der Waals surface area contributed by atoms with Crippen LogP contribution in [0.1, 0.15) is 42.1 Å². The number of nitrogens with two attached hydrogens (primary N) is 1. The summed E-state index contributed by atoms with van der Waals surface area (Å²) >= 11 is 5.29. The molecule has 1 aromatic carbocycles. The molecule has 2 aromatic rings. The van der Waals surface area contributed by atoms with Crippen molar-refractivity contribution < 1.29 is 4.74 Å². The Morgan fingerprint density at radius 3 is 2.40 bits per heavy atom. The quantitative estimate of drug-likeness (QED) is 0.854. The summed E-state index contributed by atoms with van der Waals surface area (Å²) in [6.45, 7) is 6.66. The van der Waals surface area contributed by atoms with Gasteiger partial charge in [0.1, 0.15) is 5.75 Å². The van der Waals surface area contributed by atoms with Crippen molar-refractivity contribution in [2.75, 3.05) is 7.11 Å². The summed E-state index contributed by atoms with van der Waals surface area (Å²) in [6, 6.07) is 10.2. The van der Waals surface area contributed by atoms with E-state index in [0.717, 1.165) is 15.8 Å². The maximum Gasteiger partial charge on any atom is 0.133 e. The zero-order valence-electron chi connectivity index (χ0n) is 12.2. The van der Waals surface area contributed by atoms with Crippen LogP contribution in [0.4, 0.5) is 0 Å². The second kappa shape index (κ2) is 5.88. The van der Waals surface area contributed by atoms with E-state index in [-0.39, 0.29) is 11.5 Å². The van der Waals surface area contributed by atoms with Crippen LogP contribution in [0.2, 0.25) is 0 Å². The molecule has 1 atom stereocenters. The van der Waals surface area contributed by atoms with Gasteiger partial charge in [0.2, 0.25) is 0 Å². The Morgan fingerprint density at radius 2 is 1.90 bits per heavy atom. The van der Waals surface area contributed by atoms with Crippen molar-refractivity contribution in [1.29, 1.82) is 0 Å². The summed E-state index contributed by atoms with van der Waals surface area (Å²) in [7, 11) is 1.66. The summed E-state index contributed by atoms with van der Waals surface area (Å²) in [4.78, 5) is 2.54. The molecule has 0 fully saturated rings. The number of methoxy groups -OCH3 is 1. The molecule has 0 aliphatic heterocycles. The van der Waals surface area contributed by atoms with E-state index >= 15 is 0 Å². The number of ether oxygens (including phenoxy) is 1. The molecular formula is C16H20BrNOS. The second-order valence-electron chi connectivity index (χ2n) is 5.82. The largest absolute Gasteiger partial charge is 0.496 e. The minimum absolute atomic E-state index is 0.0988. The molecule has 1 unspecified atom stereocenters. The molecule has 0 amide bonds. The van der Waals surface area contributed by atoms with Crippen molar-refractivity contribution in [1.82, 2.24) is 0 Å². The number of hydrogen-bond acceptors (Lipinski definition) is 3. The van der Waals surface area contributed by atoms with Crippen LogP contribution in [0.25, 0.3) is 0 Å². The smallest absolute Gasteiger partial charge is 0.133 e. The monoisotopic (exact) mass is 353 g/mol. The first-order valence-electron chi connectivity index (χ1n) is 6.52. The molecule has 0 aliphatic carbocycles. The summed E-state index contributed by atoms with van der Waals surface area (Å²) < 4.78 is 6.18. The van der Waals surface area contributed by atoms with Crippen LogP contribution >= 0.6 is 27.3 Å². The van der Waals surface area contributed by atoms with E-state index in [1.807, 2.05) is 18.2 Å².